The molecule has 1 aromatic heterocycles. The highest BCUT2D eigenvalue weighted by Gasteiger charge is 2.24. The molecule has 0 spiro atoms. The summed E-state index contributed by atoms with van der Waals surface area (Å²) in [4.78, 5) is 28.7. The first kappa shape index (κ1) is 19.4. The number of hydrogen-bond donors (Lipinski definition) is 1. The lowest BCUT2D eigenvalue weighted by Gasteiger charge is -2.31. The van der Waals surface area contributed by atoms with E-state index in [0.29, 0.717) is 17.2 Å². The van der Waals surface area contributed by atoms with Crippen molar-refractivity contribution in [1.29, 1.82) is 0 Å². The Morgan fingerprint density at radius 1 is 1.11 bits per heavy atom. The van der Waals surface area contributed by atoms with E-state index >= 15 is 0 Å². The monoisotopic (exact) mass is 382 g/mol. The highest BCUT2D eigenvalue weighted by Crippen LogP contribution is 2.22. The summed E-state index contributed by atoms with van der Waals surface area (Å²) in [7, 11) is 0. The standard InChI is InChI=1S/C22H26N2O2S/c1-15-4-6-18(7-5-15)21(25)23-19(14-20-17(3)10-13-27-20)22(26)24-11-8-16(2)9-12-24/h4-7,10,13-14,16H,8-9,11-12H2,1-3H3,(H,23,25). The number of rotatable bonds is 4. The largest absolute Gasteiger partial charge is 0.337 e. The van der Waals surface area contributed by atoms with Crippen molar-refractivity contribution in [2.24, 2.45) is 5.92 Å². The predicted molar refractivity (Wildman–Crippen MR) is 111 cm³/mol. The number of likely N-dealkylation sites (tertiary alicyclic amines) is 1. The Balaban J connectivity index is 1.84. The molecular weight excluding hydrogens is 356 g/mol. The van der Waals surface area contributed by atoms with Crippen molar-refractivity contribution in [3.8, 4) is 0 Å². The lowest BCUT2D eigenvalue weighted by molar-refractivity contribution is -0.128. The van der Waals surface area contributed by atoms with Crippen molar-refractivity contribution in [3.63, 3.8) is 0 Å². The first-order valence-electron chi connectivity index (χ1n) is 9.37. The summed E-state index contributed by atoms with van der Waals surface area (Å²) in [6.45, 7) is 7.68. The number of benzene rings is 1. The van der Waals surface area contributed by atoms with Crippen molar-refractivity contribution in [3.05, 3.63) is 63.0 Å². The summed E-state index contributed by atoms with van der Waals surface area (Å²) in [5.41, 5.74) is 3.09. The van der Waals surface area contributed by atoms with E-state index in [0.717, 1.165) is 41.9 Å². The number of aryl methyl sites for hydroxylation is 2. The zero-order valence-corrected chi connectivity index (χ0v) is 16.9. The molecule has 0 radical (unpaired) electrons. The van der Waals surface area contributed by atoms with Gasteiger partial charge in [-0.15, -0.1) is 11.3 Å². The van der Waals surface area contributed by atoms with Gasteiger partial charge in [-0.3, -0.25) is 9.59 Å². The third-order valence-electron chi connectivity index (χ3n) is 5.04. The van der Waals surface area contributed by atoms with Gasteiger partial charge in [-0.25, -0.2) is 0 Å². The van der Waals surface area contributed by atoms with Gasteiger partial charge in [-0.05, 0) is 67.8 Å². The molecule has 1 aliphatic heterocycles. The van der Waals surface area contributed by atoms with E-state index in [1.807, 2.05) is 48.4 Å². The maximum atomic E-state index is 13.1. The van der Waals surface area contributed by atoms with Crippen LogP contribution in [0.1, 0.15) is 46.1 Å². The van der Waals surface area contributed by atoms with Gasteiger partial charge < -0.3 is 10.2 Å². The molecule has 1 aromatic carbocycles. The Hall–Kier alpha value is -2.40. The SMILES string of the molecule is Cc1ccc(C(=O)NC(=Cc2sccc2C)C(=O)N2CCC(C)CC2)cc1. The molecule has 3 rings (SSSR count). The zero-order valence-electron chi connectivity index (χ0n) is 16.1. The highest BCUT2D eigenvalue weighted by molar-refractivity contribution is 7.11. The highest BCUT2D eigenvalue weighted by atomic mass is 32.1. The maximum absolute atomic E-state index is 13.1. The maximum Gasteiger partial charge on any atom is 0.270 e. The lowest BCUT2D eigenvalue weighted by atomic mass is 9.99. The van der Waals surface area contributed by atoms with Crippen LogP contribution in [0.4, 0.5) is 0 Å². The summed E-state index contributed by atoms with van der Waals surface area (Å²) < 4.78 is 0. The topological polar surface area (TPSA) is 49.4 Å². The van der Waals surface area contributed by atoms with Crippen molar-refractivity contribution < 1.29 is 9.59 Å². The molecular formula is C22H26N2O2S. The Bertz CT molecular complexity index is 843. The van der Waals surface area contributed by atoms with Crippen LogP contribution < -0.4 is 5.32 Å². The van der Waals surface area contributed by atoms with Crippen LogP contribution in [0.15, 0.2) is 41.4 Å². The summed E-state index contributed by atoms with van der Waals surface area (Å²) in [5.74, 6) is 0.285. The Kier molecular flexibility index (Phi) is 6.11. The number of hydrogen-bond acceptors (Lipinski definition) is 3. The molecule has 2 heterocycles. The number of piperidine rings is 1. The fraction of sp³-hybridized carbons (Fsp3) is 0.364. The molecule has 2 aromatic rings. The van der Waals surface area contributed by atoms with Crippen LogP contribution in [-0.2, 0) is 4.79 Å². The molecule has 1 fully saturated rings. The van der Waals surface area contributed by atoms with Gasteiger partial charge in [-0.1, -0.05) is 24.6 Å². The van der Waals surface area contributed by atoms with E-state index < -0.39 is 0 Å². The molecule has 0 atom stereocenters. The van der Waals surface area contributed by atoms with Crippen molar-refractivity contribution in [2.75, 3.05) is 13.1 Å². The number of carbonyl (C=O) groups is 2. The third kappa shape index (κ3) is 4.86. The molecule has 0 bridgehead atoms. The van der Waals surface area contributed by atoms with E-state index in [-0.39, 0.29) is 11.8 Å². The lowest BCUT2D eigenvalue weighted by Crippen LogP contribution is -2.42. The van der Waals surface area contributed by atoms with Crippen molar-refractivity contribution in [1.82, 2.24) is 10.2 Å². The predicted octanol–water partition coefficient (Wildman–Crippen LogP) is 4.39. The van der Waals surface area contributed by atoms with Gasteiger partial charge in [0.1, 0.15) is 5.70 Å². The van der Waals surface area contributed by atoms with Gasteiger partial charge in [0.05, 0.1) is 0 Å². The molecule has 27 heavy (non-hydrogen) atoms. The van der Waals surface area contributed by atoms with Crippen LogP contribution in [0.2, 0.25) is 0 Å². The van der Waals surface area contributed by atoms with Gasteiger partial charge in [-0.2, -0.15) is 0 Å². The minimum Gasteiger partial charge on any atom is -0.337 e. The first-order chi connectivity index (χ1) is 12.9. The van der Waals surface area contributed by atoms with Crippen LogP contribution in [0, 0.1) is 19.8 Å². The molecule has 1 aliphatic rings. The Morgan fingerprint density at radius 3 is 2.37 bits per heavy atom. The van der Waals surface area contributed by atoms with E-state index in [1.54, 1.807) is 23.5 Å². The molecule has 0 saturated carbocycles. The van der Waals surface area contributed by atoms with Crippen LogP contribution in [0.3, 0.4) is 0 Å². The number of nitrogens with zero attached hydrogens (tertiary/aromatic N) is 1. The van der Waals surface area contributed by atoms with Gasteiger partial charge in [0.2, 0.25) is 0 Å². The second kappa shape index (κ2) is 8.53. The Morgan fingerprint density at radius 2 is 1.78 bits per heavy atom. The molecule has 5 heteroatoms. The van der Waals surface area contributed by atoms with Crippen molar-refractivity contribution >= 4 is 29.2 Å². The number of carbonyl (C=O) groups excluding carboxylic acids is 2. The first-order valence-corrected chi connectivity index (χ1v) is 10.2. The summed E-state index contributed by atoms with van der Waals surface area (Å²) in [5, 5.41) is 4.86. The van der Waals surface area contributed by atoms with Crippen molar-refractivity contribution in [2.45, 2.75) is 33.6 Å². The van der Waals surface area contributed by atoms with Gasteiger partial charge in [0.15, 0.2) is 0 Å². The van der Waals surface area contributed by atoms with Gasteiger partial charge in [0, 0.05) is 23.5 Å². The summed E-state index contributed by atoms with van der Waals surface area (Å²) >= 11 is 1.57. The third-order valence-corrected chi connectivity index (χ3v) is 6.01. The quantitative estimate of drug-likeness (QED) is 0.797. The molecule has 2 amide bonds. The number of thiophene rings is 1. The fourth-order valence-corrected chi connectivity index (χ4v) is 3.95. The normalized spacial score (nSPS) is 15.7. The van der Waals surface area contributed by atoms with E-state index in [1.165, 1.54) is 0 Å². The van der Waals surface area contributed by atoms with Crippen LogP contribution in [-0.4, -0.2) is 29.8 Å². The molecule has 4 nitrogen and oxygen atoms in total. The molecule has 1 saturated heterocycles. The van der Waals surface area contributed by atoms with Gasteiger partial charge >= 0.3 is 0 Å². The Labute approximate surface area is 164 Å². The fourth-order valence-electron chi connectivity index (χ4n) is 3.10. The minimum atomic E-state index is -0.255. The number of nitrogens with one attached hydrogen (secondary N) is 1. The van der Waals surface area contributed by atoms with Crippen LogP contribution >= 0.6 is 11.3 Å². The second-order valence-electron chi connectivity index (χ2n) is 7.32. The molecule has 0 unspecified atom stereocenters. The summed E-state index contributed by atoms with van der Waals surface area (Å²) in [6.07, 6.45) is 3.82. The smallest absolute Gasteiger partial charge is 0.270 e. The molecule has 1 N–H and O–H groups in total. The van der Waals surface area contributed by atoms with E-state index in [9.17, 15) is 9.59 Å². The van der Waals surface area contributed by atoms with Crippen LogP contribution in [0.5, 0.6) is 0 Å². The molecule has 142 valence electrons. The average molecular weight is 383 g/mol. The average Bonchev–Trinajstić information content (AvgIpc) is 3.06. The summed E-state index contributed by atoms with van der Waals surface area (Å²) in [6, 6.07) is 9.38. The van der Waals surface area contributed by atoms with E-state index in [4.69, 9.17) is 0 Å². The minimum absolute atomic E-state index is 0.102. The zero-order chi connectivity index (χ0) is 19.4. The second-order valence-corrected chi connectivity index (χ2v) is 8.27. The van der Waals surface area contributed by atoms with Gasteiger partial charge in [0.25, 0.3) is 11.8 Å². The van der Waals surface area contributed by atoms with Crippen LogP contribution in [0.25, 0.3) is 6.08 Å². The molecule has 0 aliphatic carbocycles. The number of amides is 2. The van der Waals surface area contributed by atoms with E-state index in [2.05, 4.69) is 12.2 Å².